The molecule has 222 valence electrons. The van der Waals surface area contributed by atoms with Gasteiger partial charge in [0.2, 0.25) is 0 Å². The molecule has 0 amide bonds. The minimum Gasteiger partial charge on any atom is -0.481 e. The van der Waals surface area contributed by atoms with E-state index in [1.54, 1.807) is 0 Å². The minimum atomic E-state index is -0.865. The van der Waals surface area contributed by atoms with Gasteiger partial charge in [0, 0.05) is 69.8 Å². The number of carboxylic acids is 2. The summed E-state index contributed by atoms with van der Waals surface area (Å²) in [6, 6.07) is 0. The van der Waals surface area contributed by atoms with Gasteiger partial charge in [-0.1, -0.05) is 25.3 Å². The summed E-state index contributed by atoms with van der Waals surface area (Å²) in [6.07, 6.45) is 12.7. The highest BCUT2D eigenvalue weighted by atomic mass is 16.4. The molecule has 8 heteroatoms. The van der Waals surface area contributed by atoms with Crippen molar-refractivity contribution in [3.63, 3.8) is 0 Å². The van der Waals surface area contributed by atoms with Crippen LogP contribution in [0.2, 0.25) is 0 Å². The van der Waals surface area contributed by atoms with Crippen LogP contribution in [0.5, 0.6) is 0 Å². The van der Waals surface area contributed by atoms with E-state index in [0.29, 0.717) is 12.8 Å². The molecule has 4 aromatic rings. The van der Waals surface area contributed by atoms with Crippen molar-refractivity contribution in [2.45, 2.75) is 53.4 Å². The standard InChI is InChI=1S/C35H38N4O4/c1-8-22-18(3)26-14-27-19(4)24(10-12-34(40)41)29(36-27)15-30-25(11-13-35(42)43)20(5)28(38-30)16-33-23(9-2)21(6)32(39(33)7)17-31(22)37-26/h8-9,14-17,36-38H,1-2,10-13H2,3-7H3,(H,40,41)(H,42,43). The summed E-state index contributed by atoms with van der Waals surface area (Å²) in [5.41, 5.74) is 11.5. The summed E-state index contributed by atoms with van der Waals surface area (Å²) in [7, 11) is 2.03. The van der Waals surface area contributed by atoms with Crippen molar-refractivity contribution < 1.29 is 19.8 Å². The van der Waals surface area contributed by atoms with Gasteiger partial charge in [-0.05, 0) is 98.2 Å². The van der Waals surface area contributed by atoms with Crippen LogP contribution in [0.15, 0.2) is 13.2 Å². The molecule has 8 bridgehead atoms. The average molecular weight is 579 g/mol. The quantitative estimate of drug-likeness (QED) is 0.194. The number of hydrogen-bond acceptors (Lipinski definition) is 2. The molecule has 1 aliphatic rings. The fourth-order valence-corrected chi connectivity index (χ4v) is 6.27. The summed E-state index contributed by atoms with van der Waals surface area (Å²) in [6.45, 7) is 16.3. The number of aromatic nitrogens is 4. The molecule has 0 aliphatic carbocycles. The Kier molecular flexibility index (Phi) is 7.80. The minimum absolute atomic E-state index is 0.00579. The molecule has 0 saturated heterocycles. The molecular formula is C35H38N4O4. The lowest BCUT2D eigenvalue weighted by Gasteiger charge is -2.02. The molecule has 0 radical (unpaired) electrons. The van der Waals surface area contributed by atoms with Gasteiger partial charge < -0.3 is 29.7 Å². The predicted octanol–water partition coefficient (Wildman–Crippen LogP) is 3.19. The van der Waals surface area contributed by atoms with Gasteiger partial charge >= 0.3 is 11.9 Å². The van der Waals surface area contributed by atoms with Crippen LogP contribution in [0, 0.1) is 27.7 Å². The van der Waals surface area contributed by atoms with Crippen LogP contribution in [0.3, 0.4) is 0 Å². The number of fused-ring (bicyclic) bond motifs is 8. The third-order valence-electron chi connectivity index (χ3n) is 8.78. The van der Waals surface area contributed by atoms with Gasteiger partial charge in [0.15, 0.2) is 0 Å². The van der Waals surface area contributed by atoms with Crippen LogP contribution in [0.1, 0.15) is 80.1 Å². The van der Waals surface area contributed by atoms with Gasteiger partial charge in [-0.3, -0.25) is 9.59 Å². The zero-order chi connectivity index (χ0) is 31.2. The number of aromatic amines is 3. The average Bonchev–Trinajstić information content (AvgIpc) is 3.59. The second-order valence-electron chi connectivity index (χ2n) is 11.2. The van der Waals surface area contributed by atoms with Crippen LogP contribution in [-0.4, -0.2) is 41.7 Å². The van der Waals surface area contributed by atoms with Gasteiger partial charge in [-0.2, -0.15) is 0 Å². The van der Waals surface area contributed by atoms with Crippen molar-refractivity contribution in [3.8, 4) is 0 Å². The van der Waals surface area contributed by atoms with E-state index >= 15 is 0 Å². The Morgan fingerprint density at radius 1 is 0.674 bits per heavy atom. The normalized spacial score (nSPS) is 12.1. The number of nitrogens with zero attached hydrogens (tertiary/aromatic N) is 1. The molecule has 1 aliphatic heterocycles. The Labute approximate surface area is 249 Å². The second kappa shape index (κ2) is 11.4. The summed E-state index contributed by atoms with van der Waals surface area (Å²) < 4.78 is 2.15. The highest BCUT2D eigenvalue weighted by Crippen LogP contribution is 2.24. The Morgan fingerprint density at radius 2 is 1.23 bits per heavy atom. The van der Waals surface area contributed by atoms with Crippen LogP contribution in [0.25, 0.3) is 36.5 Å². The van der Waals surface area contributed by atoms with E-state index in [1.165, 1.54) is 0 Å². The largest absolute Gasteiger partial charge is 0.481 e. The number of rotatable bonds is 8. The third-order valence-corrected chi connectivity index (χ3v) is 8.78. The Hall–Kier alpha value is -4.98. The molecule has 5 rings (SSSR count). The summed E-state index contributed by atoms with van der Waals surface area (Å²) in [4.78, 5) is 33.9. The van der Waals surface area contributed by atoms with E-state index in [4.69, 9.17) is 0 Å². The van der Waals surface area contributed by atoms with Gasteiger partial charge in [0.25, 0.3) is 0 Å². The third kappa shape index (κ3) is 5.25. The van der Waals surface area contributed by atoms with Crippen molar-refractivity contribution in [1.29, 1.82) is 0 Å². The van der Waals surface area contributed by atoms with Crippen molar-refractivity contribution in [1.82, 2.24) is 19.5 Å². The van der Waals surface area contributed by atoms with E-state index < -0.39 is 11.9 Å². The molecule has 5 heterocycles. The fourth-order valence-electron chi connectivity index (χ4n) is 6.27. The van der Waals surface area contributed by atoms with Crippen LogP contribution in [0.4, 0.5) is 0 Å². The Morgan fingerprint density at radius 3 is 1.86 bits per heavy atom. The summed E-state index contributed by atoms with van der Waals surface area (Å²) >= 11 is 0. The molecular weight excluding hydrogens is 540 g/mol. The lowest BCUT2D eigenvalue weighted by molar-refractivity contribution is -0.138. The molecule has 0 fully saturated rings. The zero-order valence-electron chi connectivity index (χ0n) is 25.4. The van der Waals surface area contributed by atoms with Crippen molar-refractivity contribution in [2.75, 3.05) is 0 Å². The zero-order valence-corrected chi connectivity index (χ0v) is 25.4. The maximum Gasteiger partial charge on any atom is 0.303 e. The van der Waals surface area contributed by atoms with E-state index in [2.05, 4.69) is 64.8 Å². The number of H-pyrrole nitrogens is 3. The van der Waals surface area contributed by atoms with E-state index in [0.717, 1.165) is 88.7 Å². The van der Waals surface area contributed by atoms with E-state index in [9.17, 15) is 19.8 Å². The first-order valence-electron chi connectivity index (χ1n) is 14.4. The van der Waals surface area contributed by atoms with Crippen LogP contribution < -0.4 is 21.4 Å². The Bertz CT molecular complexity index is 2070. The lowest BCUT2D eigenvalue weighted by atomic mass is 10.0. The molecule has 4 aromatic heterocycles. The maximum absolute atomic E-state index is 11.6. The molecule has 0 unspecified atom stereocenters. The fraction of sp³-hybridized carbons (Fsp3) is 0.257. The van der Waals surface area contributed by atoms with Gasteiger partial charge in [0.05, 0.1) is 5.35 Å². The molecule has 0 aromatic carbocycles. The van der Waals surface area contributed by atoms with Crippen molar-refractivity contribution in [2.24, 2.45) is 7.05 Å². The maximum atomic E-state index is 11.6. The molecule has 5 N–H and O–H groups in total. The van der Waals surface area contributed by atoms with Crippen LogP contribution >= 0.6 is 0 Å². The highest BCUT2D eigenvalue weighted by Gasteiger charge is 2.17. The van der Waals surface area contributed by atoms with E-state index in [1.807, 2.05) is 39.1 Å². The number of hydrogen-bond donors (Lipinski definition) is 5. The molecule has 0 spiro atoms. The van der Waals surface area contributed by atoms with Crippen molar-refractivity contribution >= 4 is 48.4 Å². The molecule has 0 saturated carbocycles. The number of carbonyl (C=O) groups is 2. The smallest absolute Gasteiger partial charge is 0.303 e. The first kappa shape index (κ1) is 29.5. The van der Waals surface area contributed by atoms with Crippen LogP contribution in [-0.2, 0) is 29.5 Å². The molecule has 0 atom stereocenters. The first-order chi connectivity index (χ1) is 20.4. The number of nitrogens with one attached hydrogen (secondary N) is 3. The monoisotopic (exact) mass is 578 g/mol. The summed E-state index contributed by atoms with van der Waals surface area (Å²) in [5, 5.41) is 22.7. The topological polar surface area (TPSA) is 127 Å². The molecule has 43 heavy (non-hydrogen) atoms. The Balaban J connectivity index is 1.95. The highest BCUT2D eigenvalue weighted by molar-refractivity contribution is 5.73. The first-order valence-corrected chi connectivity index (χ1v) is 14.4. The molecule has 8 nitrogen and oxygen atoms in total. The number of aliphatic carboxylic acids is 2. The van der Waals surface area contributed by atoms with E-state index in [-0.39, 0.29) is 12.8 Å². The second-order valence-corrected chi connectivity index (χ2v) is 11.2. The SMILES string of the molecule is C=Cc1c2[nH]c(c1C)C=c1[nH]c(c(CCC(=O)O)c1C)=Cc1[nH]c(c(C)c1CCC(=O)O)C=c1c(C=C)c(C)c(n1C)=C2. The van der Waals surface area contributed by atoms with Gasteiger partial charge in [-0.25, -0.2) is 0 Å². The predicted molar refractivity (Wildman–Crippen MR) is 172 cm³/mol. The lowest BCUT2D eigenvalue weighted by Crippen LogP contribution is -2.25. The van der Waals surface area contributed by atoms with Gasteiger partial charge in [-0.15, -0.1) is 0 Å². The number of carboxylic acid groups (broad SMARTS) is 2. The van der Waals surface area contributed by atoms with Crippen molar-refractivity contribution in [3.05, 3.63) is 102 Å². The van der Waals surface area contributed by atoms with Gasteiger partial charge in [0.1, 0.15) is 0 Å². The summed E-state index contributed by atoms with van der Waals surface area (Å²) in [5.74, 6) is -1.73.